The van der Waals surface area contributed by atoms with E-state index in [1.165, 1.54) is 19.2 Å². The second-order valence-corrected chi connectivity index (χ2v) is 6.23. The average molecular weight is 409 g/mol. The van der Waals surface area contributed by atoms with E-state index in [4.69, 9.17) is 26.2 Å². The third-order valence-corrected chi connectivity index (χ3v) is 4.11. The fourth-order valence-corrected chi connectivity index (χ4v) is 2.83. The highest BCUT2D eigenvalue weighted by Gasteiger charge is 2.48. The summed E-state index contributed by atoms with van der Waals surface area (Å²) in [5, 5.41) is 9.30. The number of carboxylic acid groups (broad SMARTS) is 1. The van der Waals surface area contributed by atoms with E-state index in [2.05, 4.69) is 11.8 Å². The highest BCUT2D eigenvalue weighted by Crippen LogP contribution is 2.40. The summed E-state index contributed by atoms with van der Waals surface area (Å²) in [7, 11) is 1.52. The van der Waals surface area contributed by atoms with Gasteiger partial charge in [-0.15, -0.1) is 0 Å². The molecule has 0 saturated heterocycles. The van der Waals surface area contributed by atoms with Crippen LogP contribution in [-0.4, -0.2) is 30.5 Å². The van der Waals surface area contributed by atoms with Crippen LogP contribution in [-0.2, 0) is 4.79 Å². The van der Waals surface area contributed by atoms with E-state index < -0.39 is 23.8 Å². The minimum atomic E-state index is -4.90. The fraction of sp³-hybridized carbons (Fsp3) is 0.150. The standard InChI is InChI=1S/C20H12ClF3O4/c1-27-15-6-3-11(4-7-15)2-5-12-8-14(21)9-13-10-16(19(25)26)18(20(22,23)24)28-17(12)13/h3-4,6-10,18H,1H3,(H,25,26)/t18-/m0/s1. The molecule has 0 unspecified atom stereocenters. The first-order chi connectivity index (χ1) is 13.2. The smallest absolute Gasteiger partial charge is 0.430 e. The molecule has 0 spiro atoms. The number of hydrogen-bond acceptors (Lipinski definition) is 3. The highest BCUT2D eigenvalue weighted by atomic mass is 35.5. The molecule has 1 N–H and O–H groups in total. The Morgan fingerprint density at radius 2 is 1.89 bits per heavy atom. The van der Waals surface area contributed by atoms with Crippen LogP contribution < -0.4 is 9.47 Å². The van der Waals surface area contributed by atoms with Gasteiger partial charge in [0.1, 0.15) is 11.5 Å². The van der Waals surface area contributed by atoms with Crippen LogP contribution in [0.4, 0.5) is 13.2 Å². The van der Waals surface area contributed by atoms with Crippen LogP contribution in [0.2, 0.25) is 5.02 Å². The van der Waals surface area contributed by atoms with Crippen LogP contribution in [0, 0.1) is 11.8 Å². The number of methoxy groups -OCH3 is 1. The molecule has 1 heterocycles. The normalized spacial score (nSPS) is 15.5. The van der Waals surface area contributed by atoms with E-state index in [0.29, 0.717) is 11.3 Å². The average Bonchev–Trinajstić information content (AvgIpc) is 2.64. The van der Waals surface area contributed by atoms with Crippen LogP contribution in [0.3, 0.4) is 0 Å². The number of aliphatic carboxylic acids is 1. The van der Waals surface area contributed by atoms with Crippen molar-refractivity contribution in [1.29, 1.82) is 0 Å². The first-order valence-corrected chi connectivity index (χ1v) is 8.24. The van der Waals surface area contributed by atoms with E-state index in [1.807, 2.05) is 0 Å². The number of rotatable bonds is 2. The summed E-state index contributed by atoms with van der Waals surface area (Å²) in [6.07, 6.45) is -6.59. The second-order valence-electron chi connectivity index (χ2n) is 5.79. The Bertz CT molecular complexity index is 1010. The van der Waals surface area contributed by atoms with Gasteiger partial charge in [0.15, 0.2) is 0 Å². The molecule has 0 amide bonds. The van der Waals surface area contributed by atoms with Gasteiger partial charge in [0.05, 0.1) is 18.2 Å². The Hall–Kier alpha value is -3.11. The number of hydrogen-bond donors (Lipinski definition) is 1. The minimum absolute atomic E-state index is 0.115. The van der Waals surface area contributed by atoms with Crippen molar-refractivity contribution in [3.63, 3.8) is 0 Å². The number of carbonyl (C=O) groups is 1. The molecule has 0 fully saturated rings. The molecule has 1 aliphatic rings. The monoisotopic (exact) mass is 408 g/mol. The highest BCUT2D eigenvalue weighted by molar-refractivity contribution is 6.31. The van der Waals surface area contributed by atoms with Gasteiger partial charge in [-0.25, -0.2) is 4.79 Å². The van der Waals surface area contributed by atoms with Crippen molar-refractivity contribution in [2.75, 3.05) is 7.11 Å². The Labute approximate surface area is 163 Å². The van der Waals surface area contributed by atoms with Crippen molar-refractivity contribution in [2.24, 2.45) is 0 Å². The fourth-order valence-electron chi connectivity index (χ4n) is 2.60. The van der Waals surface area contributed by atoms with Crippen LogP contribution in [0.5, 0.6) is 11.5 Å². The lowest BCUT2D eigenvalue weighted by Crippen LogP contribution is -2.40. The summed E-state index contributed by atoms with van der Waals surface area (Å²) in [6.45, 7) is 0. The second kappa shape index (κ2) is 7.49. The van der Waals surface area contributed by atoms with Crippen molar-refractivity contribution >= 4 is 23.6 Å². The first-order valence-electron chi connectivity index (χ1n) is 7.87. The van der Waals surface area contributed by atoms with E-state index in [-0.39, 0.29) is 21.9 Å². The van der Waals surface area contributed by atoms with Crippen LogP contribution in [0.15, 0.2) is 42.0 Å². The number of ether oxygens (including phenoxy) is 2. The van der Waals surface area contributed by atoms with Crippen molar-refractivity contribution in [3.8, 4) is 23.3 Å². The van der Waals surface area contributed by atoms with E-state index >= 15 is 0 Å². The molecule has 0 saturated carbocycles. The molecule has 0 radical (unpaired) electrons. The van der Waals surface area contributed by atoms with Crippen LogP contribution >= 0.6 is 11.6 Å². The summed E-state index contributed by atoms with van der Waals surface area (Å²) in [5.74, 6) is 4.29. The Kier molecular flexibility index (Phi) is 5.25. The zero-order chi connectivity index (χ0) is 20.5. The molecule has 0 bridgehead atoms. The maximum atomic E-state index is 13.3. The van der Waals surface area contributed by atoms with Crippen LogP contribution in [0.25, 0.3) is 6.08 Å². The minimum Gasteiger partial charge on any atom is -0.497 e. The number of alkyl halides is 3. The third kappa shape index (κ3) is 4.07. The Morgan fingerprint density at radius 1 is 1.21 bits per heavy atom. The first kappa shape index (κ1) is 19.6. The summed E-state index contributed by atoms with van der Waals surface area (Å²) < 4.78 is 49.9. The predicted octanol–water partition coefficient (Wildman–Crippen LogP) is 4.54. The van der Waals surface area contributed by atoms with Crippen molar-refractivity contribution in [2.45, 2.75) is 12.3 Å². The molecule has 8 heteroatoms. The van der Waals surface area contributed by atoms with E-state index in [0.717, 1.165) is 6.08 Å². The summed E-state index contributed by atoms with van der Waals surface area (Å²) >= 11 is 6.02. The van der Waals surface area contributed by atoms with Crippen molar-refractivity contribution < 1.29 is 32.5 Å². The Morgan fingerprint density at radius 3 is 2.46 bits per heavy atom. The molecule has 0 aliphatic carbocycles. The molecule has 2 aromatic rings. The van der Waals surface area contributed by atoms with Crippen molar-refractivity contribution in [1.82, 2.24) is 0 Å². The van der Waals surface area contributed by atoms with E-state index in [9.17, 15) is 18.0 Å². The molecule has 3 rings (SSSR count). The van der Waals surface area contributed by atoms with Gasteiger partial charge >= 0.3 is 12.1 Å². The van der Waals surface area contributed by atoms with Gasteiger partial charge in [-0.1, -0.05) is 23.4 Å². The molecule has 28 heavy (non-hydrogen) atoms. The van der Waals surface area contributed by atoms with Crippen molar-refractivity contribution in [3.05, 3.63) is 63.7 Å². The zero-order valence-electron chi connectivity index (χ0n) is 14.3. The lowest BCUT2D eigenvalue weighted by atomic mass is 9.98. The summed E-state index contributed by atoms with van der Waals surface area (Å²) in [4.78, 5) is 11.2. The maximum absolute atomic E-state index is 13.3. The van der Waals surface area contributed by atoms with Gasteiger partial charge in [0.25, 0.3) is 0 Å². The third-order valence-electron chi connectivity index (χ3n) is 3.89. The molecule has 1 atom stereocenters. The maximum Gasteiger partial charge on any atom is 0.430 e. The SMILES string of the molecule is COc1ccc(C#Cc2cc(Cl)cc3c2O[C@H](C(F)(F)F)C(C(=O)O)=C3)cc1. The topological polar surface area (TPSA) is 55.8 Å². The molecule has 144 valence electrons. The summed E-state index contributed by atoms with van der Waals surface area (Å²) in [5.41, 5.74) is -0.0894. The van der Waals surface area contributed by atoms with Gasteiger partial charge in [-0.3, -0.25) is 0 Å². The summed E-state index contributed by atoms with van der Waals surface area (Å²) in [6, 6.07) is 9.44. The number of fused-ring (bicyclic) bond motifs is 1. The van der Waals surface area contributed by atoms with Gasteiger partial charge < -0.3 is 14.6 Å². The van der Waals surface area contributed by atoms with Crippen LogP contribution in [0.1, 0.15) is 16.7 Å². The quantitative estimate of drug-likeness (QED) is 0.741. The van der Waals surface area contributed by atoms with Gasteiger partial charge in [-0.05, 0) is 42.5 Å². The lowest BCUT2D eigenvalue weighted by Gasteiger charge is -2.27. The molecule has 0 aromatic heterocycles. The number of carboxylic acids is 1. The Balaban J connectivity index is 2.07. The van der Waals surface area contributed by atoms with E-state index in [1.54, 1.807) is 24.3 Å². The molecular weight excluding hydrogens is 397 g/mol. The lowest BCUT2D eigenvalue weighted by molar-refractivity contribution is -0.187. The molecule has 4 nitrogen and oxygen atoms in total. The zero-order valence-corrected chi connectivity index (χ0v) is 15.1. The molecular formula is C20H12ClF3O4. The number of benzene rings is 2. The largest absolute Gasteiger partial charge is 0.497 e. The number of halogens is 4. The van der Waals surface area contributed by atoms with Gasteiger partial charge in [-0.2, -0.15) is 13.2 Å². The molecule has 1 aliphatic heterocycles. The molecule has 2 aromatic carbocycles. The predicted molar refractivity (Wildman–Crippen MR) is 96.5 cm³/mol. The van der Waals surface area contributed by atoms with Gasteiger partial charge in [0, 0.05) is 16.1 Å². The van der Waals surface area contributed by atoms with Gasteiger partial charge in [0.2, 0.25) is 6.10 Å².